The number of aliphatic carboxylic acids is 1. The van der Waals surface area contributed by atoms with Crippen LogP contribution in [0.2, 0.25) is 0 Å². The molecule has 3 heterocycles. The van der Waals surface area contributed by atoms with Crippen molar-refractivity contribution in [2.75, 3.05) is 33.0 Å². The number of hydrogen-bond donors (Lipinski definition) is 3. The fourth-order valence-corrected chi connectivity index (χ4v) is 5.60. The average Bonchev–Trinajstić information content (AvgIpc) is 3.59. The first-order valence-electron chi connectivity index (χ1n) is 13.6. The Kier molecular flexibility index (Phi) is 9.04. The van der Waals surface area contributed by atoms with Gasteiger partial charge in [-0.3, -0.25) is 19.1 Å². The second-order valence-electron chi connectivity index (χ2n) is 10.2. The van der Waals surface area contributed by atoms with Gasteiger partial charge in [-0.05, 0) is 37.0 Å². The number of hydrogen-bond acceptors (Lipinski definition) is 7. The van der Waals surface area contributed by atoms with E-state index in [0.717, 1.165) is 31.2 Å². The van der Waals surface area contributed by atoms with Crippen molar-refractivity contribution in [3.8, 4) is 23.3 Å². The van der Waals surface area contributed by atoms with Crippen molar-refractivity contribution in [3.63, 3.8) is 0 Å². The maximum Gasteiger partial charge on any atom is 0.308 e. The van der Waals surface area contributed by atoms with Crippen LogP contribution in [0.5, 0.6) is 23.3 Å². The van der Waals surface area contributed by atoms with Crippen molar-refractivity contribution < 1.29 is 34.4 Å². The lowest BCUT2D eigenvalue weighted by molar-refractivity contribution is -0.144. The average molecular weight is 530 g/mol. The quantitative estimate of drug-likeness (QED) is 0.359. The summed E-state index contributed by atoms with van der Waals surface area (Å²) in [5, 5.41) is 30.7. The molecule has 0 bridgehead atoms. The highest BCUT2D eigenvalue weighted by Crippen LogP contribution is 2.43. The van der Waals surface area contributed by atoms with E-state index >= 15 is 0 Å². The van der Waals surface area contributed by atoms with Gasteiger partial charge in [-0.2, -0.15) is 0 Å². The first-order chi connectivity index (χ1) is 18.3. The Hall–Kier alpha value is -3.40. The number of fused-ring (bicyclic) bond motifs is 1. The van der Waals surface area contributed by atoms with Crippen LogP contribution in [-0.4, -0.2) is 80.6 Å². The fourth-order valence-electron chi connectivity index (χ4n) is 5.60. The number of aromatic nitrogens is 1. The molecule has 1 aromatic carbocycles. The summed E-state index contributed by atoms with van der Waals surface area (Å²) in [5.41, 5.74) is 0.821. The van der Waals surface area contributed by atoms with Gasteiger partial charge in [-0.1, -0.05) is 32.8 Å². The molecule has 2 aliphatic rings. The Morgan fingerprint density at radius 2 is 1.66 bits per heavy atom. The maximum atomic E-state index is 13.5. The number of carbonyl (C=O) groups excluding carboxylic acids is 1. The number of carboxylic acid groups (broad SMARTS) is 1. The Morgan fingerprint density at radius 1 is 1.00 bits per heavy atom. The molecule has 2 aromatic rings. The number of carbonyl (C=O) groups is 2. The standard InChI is InChI=1S/C28H39N3O7/c1-3-5-12-29(13-6-4-2)26(34)17-30-16-20(19-7-8-22-23(15-19)38-18-37-22)27(28(35)36)21(30)11-14-31-24(32)9-10-25(31)33/h7-10,15,20-21,27,32-33H,3-6,11-14,16-18H2,1-2H3,(H,35,36)/t20-,21+,27-/m1/s1. The Balaban J connectivity index is 1.61. The number of unbranched alkanes of at least 4 members (excludes halogenated alkanes) is 2. The molecular formula is C28H39N3O7. The molecule has 10 heteroatoms. The lowest BCUT2D eigenvalue weighted by atomic mass is 9.84. The summed E-state index contributed by atoms with van der Waals surface area (Å²) in [6.45, 7) is 6.42. The molecule has 0 saturated carbocycles. The van der Waals surface area contributed by atoms with Crippen molar-refractivity contribution in [2.45, 2.75) is 64.5 Å². The predicted molar refractivity (Wildman–Crippen MR) is 141 cm³/mol. The minimum atomic E-state index is -0.942. The third-order valence-electron chi connectivity index (χ3n) is 7.70. The van der Waals surface area contributed by atoms with Gasteiger partial charge in [0.2, 0.25) is 12.7 Å². The number of benzene rings is 1. The summed E-state index contributed by atoms with van der Waals surface area (Å²) in [4.78, 5) is 30.0. The highest BCUT2D eigenvalue weighted by Gasteiger charge is 2.47. The fraction of sp³-hybridized carbons (Fsp3) is 0.571. The molecule has 3 N–H and O–H groups in total. The van der Waals surface area contributed by atoms with Gasteiger partial charge in [-0.15, -0.1) is 0 Å². The number of amides is 1. The zero-order valence-corrected chi connectivity index (χ0v) is 22.2. The van der Waals surface area contributed by atoms with Crippen LogP contribution in [0.1, 0.15) is 57.4 Å². The van der Waals surface area contributed by atoms with E-state index in [1.165, 1.54) is 16.7 Å². The Morgan fingerprint density at radius 3 is 2.29 bits per heavy atom. The molecule has 38 heavy (non-hydrogen) atoms. The van der Waals surface area contributed by atoms with E-state index in [1.807, 2.05) is 21.9 Å². The molecule has 4 rings (SSSR count). The monoisotopic (exact) mass is 529 g/mol. The van der Waals surface area contributed by atoms with E-state index in [0.29, 0.717) is 37.6 Å². The molecule has 1 saturated heterocycles. The zero-order chi connectivity index (χ0) is 27.2. The molecule has 0 spiro atoms. The molecule has 2 aliphatic heterocycles. The number of nitrogens with zero attached hydrogens (tertiary/aromatic N) is 3. The summed E-state index contributed by atoms with van der Waals surface area (Å²) in [6, 6.07) is 7.82. The summed E-state index contributed by atoms with van der Waals surface area (Å²) in [5.74, 6) is -1.07. The van der Waals surface area contributed by atoms with E-state index in [2.05, 4.69) is 13.8 Å². The van der Waals surface area contributed by atoms with Gasteiger partial charge in [0.1, 0.15) is 0 Å². The van der Waals surface area contributed by atoms with Crippen molar-refractivity contribution in [1.82, 2.24) is 14.4 Å². The maximum absolute atomic E-state index is 13.5. The zero-order valence-electron chi connectivity index (χ0n) is 22.2. The normalized spacial score (nSPS) is 20.6. The van der Waals surface area contributed by atoms with Crippen molar-refractivity contribution in [3.05, 3.63) is 35.9 Å². The molecule has 0 radical (unpaired) electrons. The van der Waals surface area contributed by atoms with E-state index in [4.69, 9.17) is 9.47 Å². The molecule has 1 amide bonds. The topological polar surface area (TPSA) is 125 Å². The number of aromatic hydroxyl groups is 2. The Bertz CT molecular complexity index is 1090. The molecule has 10 nitrogen and oxygen atoms in total. The van der Waals surface area contributed by atoms with Crippen LogP contribution in [0, 0.1) is 5.92 Å². The number of likely N-dealkylation sites (tertiary alicyclic amines) is 1. The second-order valence-corrected chi connectivity index (χ2v) is 10.2. The summed E-state index contributed by atoms with van der Waals surface area (Å²) < 4.78 is 12.3. The molecule has 1 fully saturated rings. The number of rotatable bonds is 13. The van der Waals surface area contributed by atoms with Crippen LogP contribution >= 0.6 is 0 Å². The second kappa shape index (κ2) is 12.4. The number of ether oxygens (including phenoxy) is 2. The smallest absolute Gasteiger partial charge is 0.308 e. The molecule has 0 aliphatic carbocycles. The van der Waals surface area contributed by atoms with E-state index in [-0.39, 0.29) is 43.5 Å². The van der Waals surface area contributed by atoms with Crippen molar-refractivity contribution in [2.24, 2.45) is 5.92 Å². The lowest BCUT2D eigenvalue weighted by Crippen LogP contribution is -2.45. The summed E-state index contributed by atoms with van der Waals surface area (Å²) in [6.07, 6.45) is 4.15. The van der Waals surface area contributed by atoms with Gasteiger partial charge in [-0.25, -0.2) is 0 Å². The van der Waals surface area contributed by atoms with Gasteiger partial charge in [0, 0.05) is 50.3 Å². The van der Waals surface area contributed by atoms with Gasteiger partial charge in [0.25, 0.3) is 0 Å². The van der Waals surface area contributed by atoms with Crippen LogP contribution < -0.4 is 9.47 Å². The van der Waals surface area contributed by atoms with Gasteiger partial charge >= 0.3 is 5.97 Å². The third kappa shape index (κ3) is 6.01. The molecule has 0 unspecified atom stereocenters. The minimum Gasteiger partial charge on any atom is -0.494 e. The van der Waals surface area contributed by atoms with Crippen LogP contribution in [0.15, 0.2) is 30.3 Å². The largest absolute Gasteiger partial charge is 0.494 e. The Labute approximate surface area is 223 Å². The predicted octanol–water partition coefficient (Wildman–Crippen LogP) is 3.62. The van der Waals surface area contributed by atoms with Crippen LogP contribution in [0.25, 0.3) is 0 Å². The van der Waals surface area contributed by atoms with Gasteiger partial charge in [0.05, 0.1) is 12.5 Å². The van der Waals surface area contributed by atoms with E-state index in [1.54, 1.807) is 6.07 Å². The number of carboxylic acids is 1. The van der Waals surface area contributed by atoms with Crippen LogP contribution in [0.4, 0.5) is 0 Å². The van der Waals surface area contributed by atoms with Crippen LogP contribution in [0.3, 0.4) is 0 Å². The summed E-state index contributed by atoms with van der Waals surface area (Å²) in [7, 11) is 0. The van der Waals surface area contributed by atoms with Gasteiger partial charge < -0.3 is 29.7 Å². The van der Waals surface area contributed by atoms with Crippen molar-refractivity contribution >= 4 is 11.9 Å². The van der Waals surface area contributed by atoms with E-state index in [9.17, 15) is 24.9 Å². The molecular weight excluding hydrogens is 490 g/mol. The highest BCUT2D eigenvalue weighted by atomic mass is 16.7. The van der Waals surface area contributed by atoms with Gasteiger partial charge in [0.15, 0.2) is 23.3 Å². The first kappa shape index (κ1) is 27.6. The third-order valence-corrected chi connectivity index (χ3v) is 7.70. The lowest BCUT2D eigenvalue weighted by Gasteiger charge is -2.30. The molecule has 208 valence electrons. The van der Waals surface area contributed by atoms with E-state index < -0.39 is 17.9 Å². The molecule has 3 atom stereocenters. The minimum absolute atomic E-state index is 0.000894. The molecule has 1 aromatic heterocycles. The van der Waals surface area contributed by atoms with Crippen LogP contribution in [-0.2, 0) is 16.1 Å². The van der Waals surface area contributed by atoms with Crippen molar-refractivity contribution in [1.29, 1.82) is 0 Å². The highest BCUT2D eigenvalue weighted by molar-refractivity contribution is 5.79. The summed E-state index contributed by atoms with van der Waals surface area (Å²) >= 11 is 0. The first-order valence-corrected chi connectivity index (χ1v) is 13.6. The SMILES string of the molecule is CCCCN(CCCC)C(=O)CN1C[C@H](c2ccc3c(c2)OCO3)[C@@H](C(=O)O)[C@@H]1CCn1c(O)ccc1O.